The van der Waals surface area contributed by atoms with Crippen molar-refractivity contribution in [3.8, 4) is 0 Å². The van der Waals surface area contributed by atoms with Crippen molar-refractivity contribution in [1.29, 1.82) is 0 Å². The highest BCUT2D eigenvalue weighted by molar-refractivity contribution is 5.87. The van der Waals surface area contributed by atoms with Gasteiger partial charge in [0.2, 0.25) is 0 Å². The van der Waals surface area contributed by atoms with Crippen LogP contribution in [0.1, 0.15) is 16.2 Å². The number of esters is 1. The third-order valence-electron chi connectivity index (χ3n) is 1.29. The zero-order valence-electron chi connectivity index (χ0n) is 6.65. The van der Waals surface area contributed by atoms with E-state index in [4.69, 9.17) is 0 Å². The van der Waals surface area contributed by atoms with Crippen LogP contribution in [0, 0.1) is 0 Å². The topological polar surface area (TPSA) is 52.1 Å². The maximum atomic E-state index is 10.9. The first-order valence-corrected chi connectivity index (χ1v) is 3.30. The van der Waals surface area contributed by atoms with E-state index in [0.717, 1.165) is 0 Å². The maximum Gasteiger partial charge on any atom is 0.356 e. The summed E-state index contributed by atoms with van der Waals surface area (Å²) in [5.74, 6) is -0.472. The number of carbonyl (C=O) groups is 1. The van der Waals surface area contributed by atoms with Gasteiger partial charge in [0.25, 0.3) is 0 Å². The van der Waals surface area contributed by atoms with Crippen LogP contribution < -0.4 is 0 Å². The molecule has 1 aromatic rings. The summed E-state index contributed by atoms with van der Waals surface area (Å²) in [5, 5.41) is 0. The number of nitrogens with zero attached hydrogens (tertiary/aromatic N) is 2. The summed E-state index contributed by atoms with van der Waals surface area (Å²) in [4.78, 5) is 18.5. The zero-order valence-corrected chi connectivity index (χ0v) is 6.65. The van der Waals surface area contributed by atoms with E-state index in [0.29, 0.717) is 5.69 Å². The predicted molar refractivity (Wildman–Crippen MR) is 43.5 cm³/mol. The molecule has 0 atom stereocenters. The Morgan fingerprint density at radius 2 is 2.42 bits per heavy atom. The highest BCUT2D eigenvalue weighted by Crippen LogP contribution is 2.00. The molecule has 0 saturated carbocycles. The molecule has 1 rings (SSSR count). The van der Waals surface area contributed by atoms with Gasteiger partial charge in [-0.05, 0) is 12.1 Å². The summed E-state index contributed by atoms with van der Waals surface area (Å²) in [7, 11) is 1.30. The molecule has 0 fully saturated rings. The fourth-order valence-electron chi connectivity index (χ4n) is 0.700. The minimum atomic E-state index is -0.472. The van der Waals surface area contributed by atoms with Crippen LogP contribution in [0.15, 0.2) is 19.0 Å². The molecular weight excluding hydrogens is 156 g/mol. The smallest absolute Gasteiger partial charge is 0.356 e. The third-order valence-corrected chi connectivity index (χ3v) is 1.29. The molecule has 0 aliphatic heterocycles. The second-order valence-electron chi connectivity index (χ2n) is 2.02. The molecular formula is C8H8N2O2. The Morgan fingerprint density at radius 1 is 1.67 bits per heavy atom. The number of aromatic nitrogens is 2. The number of carbonyl (C=O) groups excluding carboxylic acids is 1. The van der Waals surface area contributed by atoms with E-state index in [1.54, 1.807) is 0 Å². The first-order valence-electron chi connectivity index (χ1n) is 3.30. The molecule has 0 unspecified atom stereocenters. The fourth-order valence-corrected chi connectivity index (χ4v) is 0.700. The molecule has 62 valence electrons. The van der Waals surface area contributed by atoms with Gasteiger partial charge in [-0.3, -0.25) is 0 Å². The predicted octanol–water partition coefficient (Wildman–Crippen LogP) is 0.906. The zero-order chi connectivity index (χ0) is 8.97. The van der Waals surface area contributed by atoms with Gasteiger partial charge in [0.15, 0.2) is 5.69 Å². The Kier molecular flexibility index (Phi) is 2.53. The van der Waals surface area contributed by atoms with Gasteiger partial charge in [-0.25, -0.2) is 14.8 Å². The van der Waals surface area contributed by atoms with Gasteiger partial charge in [-0.1, -0.05) is 6.58 Å². The van der Waals surface area contributed by atoms with Gasteiger partial charge in [-0.15, -0.1) is 0 Å². The van der Waals surface area contributed by atoms with Crippen molar-refractivity contribution in [2.24, 2.45) is 0 Å². The molecule has 0 aliphatic carbocycles. The van der Waals surface area contributed by atoms with E-state index in [1.165, 1.54) is 25.6 Å². The van der Waals surface area contributed by atoms with Crippen LogP contribution in [0.4, 0.5) is 0 Å². The molecule has 0 N–H and O–H groups in total. The molecule has 0 radical (unpaired) electrons. The van der Waals surface area contributed by atoms with Gasteiger partial charge in [0.1, 0.15) is 6.33 Å². The van der Waals surface area contributed by atoms with Crippen molar-refractivity contribution in [1.82, 2.24) is 9.97 Å². The van der Waals surface area contributed by atoms with Crippen LogP contribution in [0.5, 0.6) is 0 Å². The van der Waals surface area contributed by atoms with Gasteiger partial charge < -0.3 is 4.74 Å². The van der Waals surface area contributed by atoms with Crippen LogP contribution in [0.25, 0.3) is 6.08 Å². The Morgan fingerprint density at radius 3 is 3.00 bits per heavy atom. The van der Waals surface area contributed by atoms with E-state index >= 15 is 0 Å². The standard InChI is InChI=1S/C8H8N2O2/c1-3-6-4-7(8(11)12-2)10-5-9-6/h3-5H,1H2,2H3. The van der Waals surface area contributed by atoms with Crippen molar-refractivity contribution in [2.45, 2.75) is 0 Å². The molecule has 0 bridgehead atoms. The van der Waals surface area contributed by atoms with Gasteiger partial charge in [0.05, 0.1) is 12.8 Å². The van der Waals surface area contributed by atoms with Crippen molar-refractivity contribution in [2.75, 3.05) is 7.11 Å². The summed E-state index contributed by atoms with van der Waals surface area (Å²) in [6, 6.07) is 1.51. The van der Waals surface area contributed by atoms with Gasteiger partial charge in [0, 0.05) is 0 Å². The molecule has 0 aromatic carbocycles. The number of hydrogen-bond donors (Lipinski definition) is 0. The minimum Gasteiger partial charge on any atom is -0.464 e. The van der Waals surface area contributed by atoms with Crippen LogP contribution in [0.3, 0.4) is 0 Å². The van der Waals surface area contributed by atoms with E-state index in [1.807, 2.05) is 0 Å². The molecule has 0 saturated heterocycles. The molecule has 0 aliphatic rings. The molecule has 1 heterocycles. The molecule has 4 nitrogen and oxygen atoms in total. The monoisotopic (exact) mass is 164 g/mol. The Balaban J connectivity index is 3.01. The average Bonchev–Trinajstić information content (AvgIpc) is 2.17. The molecule has 0 spiro atoms. The van der Waals surface area contributed by atoms with E-state index < -0.39 is 5.97 Å². The maximum absolute atomic E-state index is 10.9. The lowest BCUT2D eigenvalue weighted by molar-refractivity contribution is 0.0593. The number of rotatable bonds is 2. The Bertz CT molecular complexity index is 310. The first-order chi connectivity index (χ1) is 5.77. The van der Waals surface area contributed by atoms with Crippen LogP contribution >= 0.6 is 0 Å². The molecule has 0 amide bonds. The molecule has 1 aromatic heterocycles. The molecule has 4 heteroatoms. The summed E-state index contributed by atoms with van der Waals surface area (Å²) >= 11 is 0. The number of methoxy groups -OCH3 is 1. The summed E-state index contributed by atoms with van der Waals surface area (Å²) in [6.07, 6.45) is 2.83. The van der Waals surface area contributed by atoms with Crippen molar-refractivity contribution < 1.29 is 9.53 Å². The Hall–Kier alpha value is -1.71. The summed E-state index contributed by atoms with van der Waals surface area (Å²) in [5.41, 5.74) is 0.841. The largest absolute Gasteiger partial charge is 0.464 e. The second-order valence-corrected chi connectivity index (χ2v) is 2.02. The summed E-state index contributed by atoms with van der Waals surface area (Å²) in [6.45, 7) is 3.51. The fraction of sp³-hybridized carbons (Fsp3) is 0.125. The van der Waals surface area contributed by atoms with Gasteiger partial charge >= 0.3 is 5.97 Å². The Labute approximate surface area is 69.9 Å². The minimum absolute atomic E-state index is 0.238. The second kappa shape index (κ2) is 3.61. The van der Waals surface area contributed by atoms with Gasteiger partial charge in [-0.2, -0.15) is 0 Å². The van der Waals surface area contributed by atoms with E-state index in [-0.39, 0.29) is 5.69 Å². The van der Waals surface area contributed by atoms with E-state index in [2.05, 4.69) is 21.3 Å². The normalized spacial score (nSPS) is 9.08. The van der Waals surface area contributed by atoms with E-state index in [9.17, 15) is 4.79 Å². The average molecular weight is 164 g/mol. The van der Waals surface area contributed by atoms with Crippen molar-refractivity contribution in [3.05, 3.63) is 30.4 Å². The lowest BCUT2D eigenvalue weighted by atomic mass is 10.3. The number of hydrogen-bond acceptors (Lipinski definition) is 4. The lowest BCUT2D eigenvalue weighted by Crippen LogP contribution is -2.04. The van der Waals surface area contributed by atoms with Crippen LogP contribution in [-0.4, -0.2) is 23.0 Å². The van der Waals surface area contributed by atoms with Crippen LogP contribution in [-0.2, 0) is 4.74 Å². The quantitative estimate of drug-likeness (QED) is 0.609. The highest BCUT2D eigenvalue weighted by atomic mass is 16.5. The molecule has 12 heavy (non-hydrogen) atoms. The van der Waals surface area contributed by atoms with Crippen molar-refractivity contribution >= 4 is 12.0 Å². The number of ether oxygens (including phenoxy) is 1. The lowest BCUT2D eigenvalue weighted by Gasteiger charge is -1.97. The first kappa shape index (κ1) is 8.39. The third kappa shape index (κ3) is 1.66. The highest BCUT2D eigenvalue weighted by Gasteiger charge is 2.06. The summed E-state index contributed by atoms with van der Waals surface area (Å²) < 4.78 is 4.47. The van der Waals surface area contributed by atoms with Crippen molar-refractivity contribution in [3.63, 3.8) is 0 Å². The van der Waals surface area contributed by atoms with Crippen LogP contribution in [0.2, 0.25) is 0 Å². The SMILES string of the molecule is C=Cc1cc(C(=O)OC)ncn1.